The van der Waals surface area contributed by atoms with Crippen molar-refractivity contribution in [3.8, 4) is 0 Å². The third kappa shape index (κ3) is 4.40. The number of hydrogen-bond donors (Lipinski definition) is 2. The maximum Gasteiger partial charge on any atom is 0.224 e. The van der Waals surface area contributed by atoms with Crippen molar-refractivity contribution in [2.24, 2.45) is 0 Å². The van der Waals surface area contributed by atoms with E-state index in [-0.39, 0.29) is 11.8 Å². The van der Waals surface area contributed by atoms with E-state index in [1.165, 1.54) is 16.5 Å². The second-order valence-corrected chi connectivity index (χ2v) is 8.95. The molecule has 4 aromatic carbocycles. The number of benzene rings is 4. The lowest BCUT2D eigenvalue weighted by Crippen LogP contribution is -2.30. The van der Waals surface area contributed by atoms with Crippen LogP contribution in [0, 0.1) is 0 Å². The molecule has 0 aliphatic carbocycles. The van der Waals surface area contributed by atoms with E-state index in [4.69, 9.17) is 0 Å². The molecule has 0 aliphatic heterocycles. The Kier molecular flexibility index (Phi) is 6.05. The number of rotatable bonds is 7. The molecule has 1 atom stereocenters. The number of amides is 1. The monoisotopic (exact) mass is 447 g/mol. The molecule has 170 valence electrons. The molecule has 0 bridgehead atoms. The number of nitrogens with one attached hydrogen (secondary N) is 2. The van der Waals surface area contributed by atoms with Crippen molar-refractivity contribution in [2.45, 2.75) is 12.3 Å². The molecule has 1 amide bonds. The SMILES string of the molecule is CN(C)c1ccc(C(CNC(=O)Cc2cccc3ccccc23)c2c[nH]c3ccccc23)cc1. The van der Waals surface area contributed by atoms with Gasteiger partial charge in [-0.2, -0.15) is 0 Å². The van der Waals surface area contributed by atoms with Crippen LogP contribution in [0.2, 0.25) is 0 Å². The number of H-pyrrole nitrogens is 1. The Morgan fingerprint density at radius 1 is 0.853 bits per heavy atom. The lowest BCUT2D eigenvalue weighted by atomic mass is 9.90. The molecule has 34 heavy (non-hydrogen) atoms. The van der Waals surface area contributed by atoms with Crippen molar-refractivity contribution in [2.75, 3.05) is 25.5 Å². The van der Waals surface area contributed by atoms with Crippen LogP contribution in [0.5, 0.6) is 0 Å². The van der Waals surface area contributed by atoms with E-state index in [0.29, 0.717) is 13.0 Å². The number of hydrogen-bond acceptors (Lipinski definition) is 2. The van der Waals surface area contributed by atoms with E-state index in [9.17, 15) is 4.79 Å². The first-order valence-corrected chi connectivity index (χ1v) is 11.7. The Morgan fingerprint density at radius 3 is 2.35 bits per heavy atom. The van der Waals surface area contributed by atoms with Gasteiger partial charge in [-0.1, -0.05) is 72.8 Å². The summed E-state index contributed by atoms with van der Waals surface area (Å²) >= 11 is 0. The summed E-state index contributed by atoms with van der Waals surface area (Å²) in [5.74, 6) is 0.0786. The average Bonchev–Trinajstić information content (AvgIpc) is 3.29. The van der Waals surface area contributed by atoms with Gasteiger partial charge >= 0.3 is 0 Å². The van der Waals surface area contributed by atoms with Gasteiger partial charge in [-0.25, -0.2) is 0 Å². The molecule has 5 rings (SSSR count). The van der Waals surface area contributed by atoms with Crippen molar-refractivity contribution < 1.29 is 4.79 Å². The maximum absolute atomic E-state index is 13.0. The molecular weight excluding hydrogens is 418 g/mol. The molecule has 0 radical (unpaired) electrons. The van der Waals surface area contributed by atoms with E-state index < -0.39 is 0 Å². The summed E-state index contributed by atoms with van der Waals surface area (Å²) < 4.78 is 0. The topological polar surface area (TPSA) is 48.1 Å². The van der Waals surface area contributed by atoms with Gasteiger partial charge in [-0.3, -0.25) is 4.79 Å². The highest BCUT2D eigenvalue weighted by atomic mass is 16.1. The van der Waals surface area contributed by atoms with Crippen LogP contribution in [0.4, 0.5) is 5.69 Å². The number of para-hydroxylation sites is 1. The maximum atomic E-state index is 13.0. The first-order valence-electron chi connectivity index (χ1n) is 11.7. The molecular formula is C30H29N3O. The van der Waals surface area contributed by atoms with Crippen molar-refractivity contribution in [3.63, 3.8) is 0 Å². The number of carbonyl (C=O) groups excluding carboxylic acids is 1. The Hall–Kier alpha value is -4.05. The molecule has 0 fully saturated rings. The predicted molar refractivity (Wildman–Crippen MR) is 142 cm³/mol. The molecule has 4 nitrogen and oxygen atoms in total. The second-order valence-electron chi connectivity index (χ2n) is 8.95. The molecule has 4 heteroatoms. The number of fused-ring (bicyclic) bond motifs is 2. The van der Waals surface area contributed by atoms with Crippen LogP contribution in [0.25, 0.3) is 21.7 Å². The van der Waals surface area contributed by atoms with Crippen LogP contribution in [-0.2, 0) is 11.2 Å². The van der Waals surface area contributed by atoms with Gasteiger partial charge in [-0.05, 0) is 45.7 Å². The summed E-state index contributed by atoms with van der Waals surface area (Å²) in [5.41, 5.74) is 5.69. The van der Waals surface area contributed by atoms with Crippen LogP contribution in [0.15, 0.2) is 97.2 Å². The van der Waals surface area contributed by atoms with Gasteiger partial charge in [0.05, 0.1) is 6.42 Å². The molecule has 0 saturated heterocycles. The Morgan fingerprint density at radius 2 is 1.56 bits per heavy atom. The van der Waals surface area contributed by atoms with E-state index in [1.807, 2.05) is 44.4 Å². The summed E-state index contributed by atoms with van der Waals surface area (Å²) in [7, 11) is 4.08. The van der Waals surface area contributed by atoms with E-state index in [2.05, 4.69) is 82.1 Å². The Balaban J connectivity index is 1.41. The van der Waals surface area contributed by atoms with Crippen LogP contribution < -0.4 is 10.2 Å². The fourth-order valence-electron chi connectivity index (χ4n) is 4.69. The molecule has 0 saturated carbocycles. The minimum atomic E-state index is 0.0334. The van der Waals surface area contributed by atoms with Crippen LogP contribution in [0.3, 0.4) is 0 Å². The highest BCUT2D eigenvalue weighted by Crippen LogP contribution is 2.31. The zero-order valence-electron chi connectivity index (χ0n) is 19.6. The average molecular weight is 448 g/mol. The van der Waals surface area contributed by atoms with Gasteiger partial charge in [0.2, 0.25) is 5.91 Å². The van der Waals surface area contributed by atoms with E-state index >= 15 is 0 Å². The molecule has 1 aromatic heterocycles. The number of carbonyl (C=O) groups is 1. The molecule has 1 unspecified atom stereocenters. The van der Waals surface area contributed by atoms with Gasteiger partial charge in [0.25, 0.3) is 0 Å². The lowest BCUT2D eigenvalue weighted by molar-refractivity contribution is -0.120. The molecule has 5 aromatic rings. The smallest absolute Gasteiger partial charge is 0.224 e. The fraction of sp³-hybridized carbons (Fsp3) is 0.167. The predicted octanol–water partition coefficient (Wildman–Crippen LogP) is 5.88. The summed E-state index contributed by atoms with van der Waals surface area (Å²) in [4.78, 5) is 18.5. The first-order chi connectivity index (χ1) is 16.6. The second kappa shape index (κ2) is 9.44. The van der Waals surface area contributed by atoms with Gasteiger partial charge in [-0.15, -0.1) is 0 Å². The number of nitrogens with zero attached hydrogens (tertiary/aromatic N) is 1. The highest BCUT2D eigenvalue weighted by molar-refractivity contribution is 5.90. The normalized spacial score (nSPS) is 12.1. The Labute approximate surface area is 200 Å². The standard InChI is InChI=1S/C30H29N3O/c1-33(2)24-16-14-22(15-17-24)27(28-20-31-29-13-6-5-12-26(28)29)19-32-30(34)18-23-10-7-9-21-8-3-4-11-25(21)23/h3-17,20,27,31H,18-19H2,1-2H3,(H,32,34). The van der Waals surface area contributed by atoms with Crippen LogP contribution >= 0.6 is 0 Å². The molecule has 1 heterocycles. The molecule has 0 aliphatic rings. The highest BCUT2D eigenvalue weighted by Gasteiger charge is 2.19. The van der Waals surface area contributed by atoms with Gasteiger partial charge in [0.1, 0.15) is 0 Å². The minimum Gasteiger partial charge on any atom is -0.378 e. The number of anilines is 1. The first kappa shape index (κ1) is 21.8. The largest absolute Gasteiger partial charge is 0.378 e. The summed E-state index contributed by atoms with van der Waals surface area (Å²) in [6, 6.07) is 31.3. The van der Waals surface area contributed by atoms with E-state index in [1.54, 1.807) is 0 Å². The van der Waals surface area contributed by atoms with Crippen LogP contribution in [0.1, 0.15) is 22.6 Å². The zero-order chi connectivity index (χ0) is 23.5. The third-order valence-electron chi connectivity index (χ3n) is 6.54. The Bertz CT molecular complexity index is 1430. The summed E-state index contributed by atoms with van der Waals surface area (Å²) in [5, 5.41) is 6.70. The van der Waals surface area contributed by atoms with Crippen molar-refractivity contribution >= 4 is 33.3 Å². The van der Waals surface area contributed by atoms with Crippen molar-refractivity contribution in [1.29, 1.82) is 0 Å². The molecule has 2 N–H and O–H groups in total. The van der Waals surface area contributed by atoms with Gasteiger partial charge in [0.15, 0.2) is 0 Å². The minimum absolute atomic E-state index is 0.0334. The quantitative estimate of drug-likeness (QED) is 0.327. The van der Waals surface area contributed by atoms with Crippen LogP contribution in [-0.4, -0.2) is 31.5 Å². The van der Waals surface area contributed by atoms with E-state index in [0.717, 1.165) is 27.5 Å². The third-order valence-corrected chi connectivity index (χ3v) is 6.54. The van der Waals surface area contributed by atoms with Gasteiger partial charge < -0.3 is 15.2 Å². The summed E-state index contributed by atoms with van der Waals surface area (Å²) in [6.45, 7) is 0.534. The summed E-state index contributed by atoms with van der Waals surface area (Å²) in [6.07, 6.45) is 2.44. The molecule has 0 spiro atoms. The number of aromatic nitrogens is 1. The van der Waals surface area contributed by atoms with Crippen molar-refractivity contribution in [3.05, 3.63) is 114 Å². The lowest BCUT2D eigenvalue weighted by Gasteiger charge is -2.20. The number of aromatic amines is 1. The van der Waals surface area contributed by atoms with Crippen molar-refractivity contribution in [1.82, 2.24) is 10.3 Å². The zero-order valence-corrected chi connectivity index (χ0v) is 19.6. The van der Waals surface area contributed by atoms with Gasteiger partial charge in [0, 0.05) is 49.3 Å². The fourth-order valence-corrected chi connectivity index (χ4v) is 4.69.